The van der Waals surface area contributed by atoms with Crippen molar-refractivity contribution in [2.45, 2.75) is 26.3 Å². The van der Waals surface area contributed by atoms with Gasteiger partial charge in [0.1, 0.15) is 18.3 Å². The van der Waals surface area contributed by atoms with E-state index in [0.717, 1.165) is 10.9 Å². The second kappa shape index (κ2) is 8.23. The number of aryl methyl sites for hydroxylation is 1. The van der Waals surface area contributed by atoms with E-state index in [1.54, 1.807) is 29.8 Å². The molecule has 3 N–H and O–H groups in total. The Balaban J connectivity index is 2.22. The maximum Gasteiger partial charge on any atom is 0.322 e. The second-order valence-corrected chi connectivity index (χ2v) is 7.00. The third-order valence-corrected chi connectivity index (χ3v) is 4.22. The van der Waals surface area contributed by atoms with Crippen molar-refractivity contribution in [2.75, 3.05) is 6.54 Å². The van der Waals surface area contributed by atoms with Crippen molar-refractivity contribution in [1.29, 1.82) is 0 Å². The molecule has 1 aromatic heterocycles. The minimum atomic E-state index is -1.14. The molecular weight excluding hydrogens is 358 g/mol. The fourth-order valence-electron chi connectivity index (χ4n) is 2.76. The number of nitrogens with one attached hydrogen (secondary N) is 2. The maximum absolute atomic E-state index is 12.7. The molecule has 1 atom stereocenters. The van der Waals surface area contributed by atoms with Gasteiger partial charge in [-0.1, -0.05) is 25.4 Å². The van der Waals surface area contributed by atoms with Crippen LogP contribution in [0.3, 0.4) is 0 Å². The highest BCUT2D eigenvalue weighted by molar-refractivity contribution is 6.31. The van der Waals surface area contributed by atoms with Gasteiger partial charge in [-0.2, -0.15) is 0 Å². The number of aliphatic carboxylic acids is 1. The van der Waals surface area contributed by atoms with E-state index in [4.69, 9.17) is 16.7 Å². The van der Waals surface area contributed by atoms with Crippen LogP contribution < -0.4 is 10.6 Å². The topological polar surface area (TPSA) is 100 Å². The lowest BCUT2D eigenvalue weighted by Gasteiger charge is -2.20. The van der Waals surface area contributed by atoms with Crippen molar-refractivity contribution in [3.63, 3.8) is 0 Å². The van der Waals surface area contributed by atoms with Crippen molar-refractivity contribution >= 4 is 40.3 Å². The molecule has 0 aliphatic heterocycles. The molecule has 2 amide bonds. The summed E-state index contributed by atoms with van der Waals surface area (Å²) in [6, 6.07) is 6.21. The molecule has 0 aliphatic rings. The minimum absolute atomic E-state index is 0.141. The Bertz CT molecular complexity index is 844. The van der Waals surface area contributed by atoms with Crippen LogP contribution in [0.2, 0.25) is 5.02 Å². The molecule has 0 spiro atoms. The molecule has 8 heteroatoms. The molecule has 26 heavy (non-hydrogen) atoms. The summed E-state index contributed by atoms with van der Waals surface area (Å²) in [5.74, 6) is -1.92. The summed E-state index contributed by atoms with van der Waals surface area (Å²) in [7, 11) is 1.76. The first-order valence-corrected chi connectivity index (χ1v) is 8.62. The van der Waals surface area contributed by atoms with Gasteiger partial charge >= 0.3 is 5.97 Å². The number of benzene rings is 1. The molecule has 0 bridgehead atoms. The van der Waals surface area contributed by atoms with Crippen LogP contribution in [0.5, 0.6) is 0 Å². The highest BCUT2D eigenvalue weighted by Gasteiger charge is 2.24. The highest BCUT2D eigenvalue weighted by Crippen LogP contribution is 2.22. The average Bonchev–Trinajstić information content (AvgIpc) is 2.87. The number of rotatable bonds is 7. The van der Waals surface area contributed by atoms with Crippen molar-refractivity contribution in [2.24, 2.45) is 13.0 Å². The van der Waals surface area contributed by atoms with Crippen molar-refractivity contribution < 1.29 is 19.5 Å². The second-order valence-electron chi connectivity index (χ2n) is 6.56. The van der Waals surface area contributed by atoms with Crippen LogP contribution in [-0.2, 0) is 16.6 Å². The molecule has 0 saturated heterocycles. The van der Waals surface area contributed by atoms with Crippen LogP contribution in [-0.4, -0.2) is 40.0 Å². The Morgan fingerprint density at radius 1 is 1.23 bits per heavy atom. The van der Waals surface area contributed by atoms with Gasteiger partial charge < -0.3 is 20.3 Å². The zero-order chi connectivity index (χ0) is 19.4. The van der Waals surface area contributed by atoms with Crippen LogP contribution in [0.1, 0.15) is 30.8 Å². The Kier molecular flexibility index (Phi) is 6.26. The quantitative estimate of drug-likeness (QED) is 0.686. The van der Waals surface area contributed by atoms with E-state index >= 15 is 0 Å². The molecule has 0 fully saturated rings. The summed E-state index contributed by atoms with van der Waals surface area (Å²) in [5, 5.41) is 15.1. The number of hydrogen-bond acceptors (Lipinski definition) is 3. The van der Waals surface area contributed by atoms with Gasteiger partial charge in [0, 0.05) is 23.0 Å². The van der Waals surface area contributed by atoms with E-state index in [9.17, 15) is 14.4 Å². The first kappa shape index (κ1) is 19.8. The number of hydrogen-bond donors (Lipinski definition) is 3. The predicted octanol–water partition coefficient (Wildman–Crippen LogP) is 2.18. The summed E-state index contributed by atoms with van der Waals surface area (Å²) in [4.78, 5) is 35.6. The molecular formula is C18H22ClN3O4. The Morgan fingerprint density at radius 2 is 1.92 bits per heavy atom. The molecule has 2 aromatic rings. The monoisotopic (exact) mass is 379 g/mol. The average molecular weight is 380 g/mol. The van der Waals surface area contributed by atoms with Gasteiger partial charge in [-0.25, -0.2) is 0 Å². The normalized spacial score (nSPS) is 12.2. The molecule has 2 rings (SSSR count). The number of nitrogens with zero attached hydrogens (tertiary/aromatic N) is 1. The van der Waals surface area contributed by atoms with E-state index in [-0.39, 0.29) is 5.92 Å². The first-order valence-electron chi connectivity index (χ1n) is 8.24. The summed E-state index contributed by atoms with van der Waals surface area (Å²) in [5.41, 5.74) is 1.23. The highest BCUT2D eigenvalue weighted by atomic mass is 35.5. The smallest absolute Gasteiger partial charge is 0.322 e. The van der Waals surface area contributed by atoms with E-state index in [2.05, 4.69) is 10.6 Å². The molecule has 0 aliphatic carbocycles. The number of carboxylic acid groups (broad SMARTS) is 1. The number of aromatic nitrogens is 1. The number of fused-ring (bicyclic) bond motifs is 1. The van der Waals surface area contributed by atoms with Crippen molar-refractivity contribution in [1.82, 2.24) is 15.2 Å². The standard InChI is InChI=1S/C18H22ClN3O4/c1-10(2)6-13(17(25)20-9-16(23)24)21-18(26)15-8-11-7-12(19)4-5-14(11)22(15)3/h4-5,7-8,10,13H,6,9H2,1-3H3,(H,20,25)(H,21,26)(H,23,24). The van der Waals surface area contributed by atoms with E-state index in [1.165, 1.54) is 0 Å². The lowest BCUT2D eigenvalue weighted by Crippen LogP contribution is -2.48. The molecule has 1 unspecified atom stereocenters. The van der Waals surface area contributed by atoms with E-state index in [1.807, 2.05) is 19.9 Å². The lowest BCUT2D eigenvalue weighted by atomic mass is 10.0. The first-order chi connectivity index (χ1) is 12.2. The van der Waals surface area contributed by atoms with Crippen LogP contribution >= 0.6 is 11.6 Å². The zero-order valence-corrected chi connectivity index (χ0v) is 15.6. The third kappa shape index (κ3) is 4.76. The molecule has 7 nitrogen and oxygen atoms in total. The van der Waals surface area contributed by atoms with Gasteiger partial charge in [-0.3, -0.25) is 14.4 Å². The number of carbonyl (C=O) groups is 3. The zero-order valence-electron chi connectivity index (χ0n) is 14.9. The SMILES string of the molecule is CC(C)CC(NC(=O)c1cc2cc(Cl)ccc2n1C)C(=O)NCC(=O)O. The predicted molar refractivity (Wildman–Crippen MR) is 99.3 cm³/mol. The van der Waals surface area contributed by atoms with Crippen LogP contribution in [0.4, 0.5) is 0 Å². The third-order valence-electron chi connectivity index (χ3n) is 3.98. The molecule has 1 heterocycles. The Labute approximate surface area is 156 Å². The van der Waals surface area contributed by atoms with E-state index < -0.39 is 30.4 Å². The van der Waals surface area contributed by atoms with Gasteiger partial charge in [0.25, 0.3) is 5.91 Å². The fourth-order valence-corrected chi connectivity index (χ4v) is 2.94. The molecule has 1 aromatic carbocycles. The lowest BCUT2D eigenvalue weighted by molar-refractivity contribution is -0.138. The fraction of sp³-hybridized carbons (Fsp3) is 0.389. The number of amides is 2. The Morgan fingerprint density at radius 3 is 2.54 bits per heavy atom. The van der Waals surface area contributed by atoms with Crippen molar-refractivity contribution in [3.8, 4) is 0 Å². The molecule has 140 valence electrons. The summed E-state index contributed by atoms with van der Waals surface area (Å²) in [6.07, 6.45) is 0.396. The summed E-state index contributed by atoms with van der Waals surface area (Å²) < 4.78 is 1.72. The van der Waals surface area contributed by atoms with Crippen molar-refractivity contribution in [3.05, 3.63) is 35.0 Å². The van der Waals surface area contributed by atoms with Gasteiger partial charge in [0.2, 0.25) is 5.91 Å². The molecule has 0 saturated carbocycles. The van der Waals surface area contributed by atoms with E-state index in [0.29, 0.717) is 17.1 Å². The number of halogens is 1. The summed E-state index contributed by atoms with van der Waals surface area (Å²) >= 11 is 5.99. The van der Waals surface area contributed by atoms with Gasteiger partial charge in [-0.05, 0) is 36.6 Å². The van der Waals surface area contributed by atoms with Gasteiger partial charge in [0.05, 0.1) is 0 Å². The Hall–Kier alpha value is -2.54. The van der Waals surface area contributed by atoms with Gasteiger partial charge in [-0.15, -0.1) is 0 Å². The number of carbonyl (C=O) groups excluding carboxylic acids is 2. The van der Waals surface area contributed by atoms with Gasteiger partial charge in [0.15, 0.2) is 0 Å². The van der Waals surface area contributed by atoms with Crippen LogP contribution in [0.15, 0.2) is 24.3 Å². The number of carboxylic acids is 1. The maximum atomic E-state index is 12.7. The van der Waals surface area contributed by atoms with Crippen LogP contribution in [0.25, 0.3) is 10.9 Å². The summed E-state index contributed by atoms with van der Waals surface area (Å²) in [6.45, 7) is 3.35. The minimum Gasteiger partial charge on any atom is -0.480 e. The largest absolute Gasteiger partial charge is 0.480 e. The molecule has 0 radical (unpaired) electrons. The van der Waals surface area contributed by atoms with Crippen LogP contribution in [0, 0.1) is 5.92 Å².